The highest BCUT2D eigenvalue weighted by molar-refractivity contribution is 6.32. The minimum Gasteiger partial charge on any atom is -0.479 e. The monoisotopic (exact) mass is 347 g/mol. The molecule has 126 valence electrons. The molecule has 0 spiro atoms. The van der Waals surface area contributed by atoms with Gasteiger partial charge in [-0.05, 0) is 44.2 Å². The molecule has 0 aliphatic carbocycles. The van der Waals surface area contributed by atoms with E-state index in [1.807, 2.05) is 0 Å². The van der Waals surface area contributed by atoms with Crippen LogP contribution in [0.1, 0.15) is 24.2 Å². The minimum atomic E-state index is -0.754. The Hall–Kier alpha value is -2.53. The van der Waals surface area contributed by atoms with Gasteiger partial charge >= 0.3 is 5.97 Å². The summed E-state index contributed by atoms with van der Waals surface area (Å²) >= 11 is 6.01. The minimum absolute atomic E-state index is 0.290. The molecule has 1 atom stereocenters. The van der Waals surface area contributed by atoms with E-state index in [1.165, 1.54) is 0 Å². The number of ether oxygens (including phenoxy) is 2. The summed E-state index contributed by atoms with van der Waals surface area (Å²) in [6.45, 7) is 3.64. The van der Waals surface area contributed by atoms with E-state index in [0.717, 1.165) is 0 Å². The summed E-state index contributed by atoms with van der Waals surface area (Å²) in [7, 11) is 0. The van der Waals surface area contributed by atoms with E-state index in [4.69, 9.17) is 21.1 Å². The maximum absolute atomic E-state index is 12.2. The average molecular weight is 348 g/mol. The number of hydrogen-bond donors (Lipinski definition) is 1. The number of carbonyl (C=O) groups is 2. The molecular formula is C18H18ClNO4. The van der Waals surface area contributed by atoms with Crippen LogP contribution in [0.15, 0.2) is 48.5 Å². The lowest BCUT2D eigenvalue weighted by Gasteiger charge is -2.15. The summed E-state index contributed by atoms with van der Waals surface area (Å²) in [4.78, 5) is 24.0. The topological polar surface area (TPSA) is 64.6 Å². The van der Waals surface area contributed by atoms with Crippen molar-refractivity contribution >= 4 is 29.2 Å². The molecule has 0 heterocycles. The van der Waals surface area contributed by atoms with Crippen LogP contribution in [0.5, 0.6) is 5.75 Å². The molecule has 2 aromatic rings. The number of rotatable bonds is 6. The molecule has 5 nitrogen and oxygen atoms in total. The van der Waals surface area contributed by atoms with E-state index >= 15 is 0 Å². The molecule has 1 N–H and O–H groups in total. The normalized spacial score (nSPS) is 11.5. The van der Waals surface area contributed by atoms with Crippen LogP contribution < -0.4 is 10.1 Å². The molecule has 0 bridgehead atoms. The SMILES string of the molecule is CCOC(=O)c1cccc(NC(=O)[C@H](C)Oc2ccccc2Cl)c1. The molecule has 0 aliphatic heterocycles. The van der Waals surface area contributed by atoms with Gasteiger partial charge in [-0.3, -0.25) is 4.79 Å². The summed E-state index contributed by atoms with van der Waals surface area (Å²) in [6, 6.07) is 13.5. The molecule has 2 rings (SSSR count). The van der Waals surface area contributed by atoms with Gasteiger partial charge in [-0.2, -0.15) is 0 Å². The second kappa shape index (κ2) is 8.36. The number of anilines is 1. The molecule has 1 amide bonds. The molecular weight excluding hydrogens is 330 g/mol. The van der Waals surface area contributed by atoms with Gasteiger partial charge in [0.15, 0.2) is 6.10 Å². The molecule has 6 heteroatoms. The molecule has 0 fully saturated rings. The lowest BCUT2D eigenvalue weighted by atomic mass is 10.2. The average Bonchev–Trinajstić information content (AvgIpc) is 2.57. The van der Waals surface area contributed by atoms with Crippen LogP contribution in [0.2, 0.25) is 5.02 Å². The Kier molecular flexibility index (Phi) is 6.21. The number of nitrogens with one attached hydrogen (secondary N) is 1. The van der Waals surface area contributed by atoms with Gasteiger partial charge in [-0.15, -0.1) is 0 Å². The quantitative estimate of drug-likeness (QED) is 0.804. The Morgan fingerprint density at radius 1 is 1.17 bits per heavy atom. The summed E-state index contributed by atoms with van der Waals surface area (Å²) in [5.74, 6) is -0.355. The van der Waals surface area contributed by atoms with Crippen molar-refractivity contribution in [3.63, 3.8) is 0 Å². The van der Waals surface area contributed by atoms with Crippen LogP contribution in [0.25, 0.3) is 0 Å². The molecule has 0 saturated carbocycles. The standard InChI is InChI=1S/C18H18ClNO4/c1-3-23-18(22)13-7-6-8-14(11-13)20-17(21)12(2)24-16-10-5-4-9-15(16)19/h4-12H,3H2,1-2H3,(H,20,21)/t12-/m0/s1. The van der Waals surface area contributed by atoms with E-state index in [2.05, 4.69) is 5.32 Å². The number of para-hydroxylation sites is 1. The first-order valence-corrected chi connectivity index (χ1v) is 7.88. The lowest BCUT2D eigenvalue weighted by Crippen LogP contribution is -2.30. The van der Waals surface area contributed by atoms with Gasteiger partial charge in [-0.25, -0.2) is 4.79 Å². The van der Waals surface area contributed by atoms with Crippen molar-refractivity contribution in [2.24, 2.45) is 0 Å². The smallest absolute Gasteiger partial charge is 0.338 e. The lowest BCUT2D eigenvalue weighted by molar-refractivity contribution is -0.122. The fourth-order valence-corrected chi connectivity index (χ4v) is 2.15. The first kappa shape index (κ1) is 17.8. The zero-order chi connectivity index (χ0) is 17.5. The van der Waals surface area contributed by atoms with Gasteiger partial charge in [0.25, 0.3) is 5.91 Å². The van der Waals surface area contributed by atoms with Crippen molar-refractivity contribution in [1.82, 2.24) is 0 Å². The number of esters is 1. The third-order valence-corrected chi connectivity index (χ3v) is 3.46. The van der Waals surface area contributed by atoms with E-state index < -0.39 is 12.1 Å². The van der Waals surface area contributed by atoms with E-state index in [0.29, 0.717) is 22.0 Å². The van der Waals surface area contributed by atoms with Crippen molar-refractivity contribution in [2.75, 3.05) is 11.9 Å². The summed E-state index contributed by atoms with van der Waals surface area (Å²) < 4.78 is 10.5. The zero-order valence-electron chi connectivity index (χ0n) is 13.4. The summed E-state index contributed by atoms with van der Waals surface area (Å²) in [5.41, 5.74) is 0.856. The third-order valence-electron chi connectivity index (χ3n) is 3.15. The van der Waals surface area contributed by atoms with Gasteiger partial charge in [0.05, 0.1) is 17.2 Å². The third kappa shape index (κ3) is 4.73. The number of hydrogen-bond acceptors (Lipinski definition) is 4. The predicted octanol–water partition coefficient (Wildman–Crippen LogP) is 3.92. The first-order chi connectivity index (χ1) is 11.5. The fraction of sp³-hybridized carbons (Fsp3) is 0.222. The number of halogens is 1. The largest absolute Gasteiger partial charge is 0.479 e. The molecule has 0 unspecified atom stereocenters. The Morgan fingerprint density at radius 3 is 2.62 bits per heavy atom. The molecule has 0 radical (unpaired) electrons. The fourth-order valence-electron chi connectivity index (χ4n) is 1.97. The Bertz CT molecular complexity index is 732. The molecule has 0 aliphatic rings. The predicted molar refractivity (Wildman–Crippen MR) is 92.6 cm³/mol. The van der Waals surface area contributed by atoms with Crippen LogP contribution in [-0.2, 0) is 9.53 Å². The van der Waals surface area contributed by atoms with Gasteiger partial charge in [0.1, 0.15) is 5.75 Å². The first-order valence-electron chi connectivity index (χ1n) is 7.50. The second-order valence-electron chi connectivity index (χ2n) is 4.98. The van der Waals surface area contributed by atoms with Gasteiger partial charge in [-0.1, -0.05) is 29.8 Å². The Labute approximate surface area is 145 Å². The number of amides is 1. The molecule has 2 aromatic carbocycles. The van der Waals surface area contributed by atoms with Gasteiger partial charge in [0, 0.05) is 5.69 Å². The van der Waals surface area contributed by atoms with E-state index in [1.54, 1.807) is 62.4 Å². The van der Waals surface area contributed by atoms with Crippen LogP contribution >= 0.6 is 11.6 Å². The van der Waals surface area contributed by atoms with Crippen molar-refractivity contribution in [2.45, 2.75) is 20.0 Å². The highest BCUT2D eigenvalue weighted by Crippen LogP contribution is 2.24. The number of benzene rings is 2. The highest BCUT2D eigenvalue weighted by atomic mass is 35.5. The van der Waals surface area contributed by atoms with Crippen LogP contribution in [0.3, 0.4) is 0 Å². The zero-order valence-corrected chi connectivity index (χ0v) is 14.2. The molecule has 0 aromatic heterocycles. The molecule has 0 saturated heterocycles. The van der Waals surface area contributed by atoms with Gasteiger partial charge < -0.3 is 14.8 Å². The van der Waals surface area contributed by atoms with Crippen LogP contribution in [-0.4, -0.2) is 24.6 Å². The number of carbonyl (C=O) groups excluding carboxylic acids is 2. The summed E-state index contributed by atoms with van der Waals surface area (Å²) in [5, 5.41) is 3.14. The Morgan fingerprint density at radius 2 is 1.92 bits per heavy atom. The van der Waals surface area contributed by atoms with Crippen LogP contribution in [0, 0.1) is 0 Å². The Balaban J connectivity index is 2.02. The highest BCUT2D eigenvalue weighted by Gasteiger charge is 2.17. The molecule has 24 heavy (non-hydrogen) atoms. The van der Waals surface area contributed by atoms with Crippen LogP contribution in [0.4, 0.5) is 5.69 Å². The van der Waals surface area contributed by atoms with Crippen molar-refractivity contribution in [3.8, 4) is 5.75 Å². The van der Waals surface area contributed by atoms with Gasteiger partial charge in [0.2, 0.25) is 0 Å². The second-order valence-corrected chi connectivity index (χ2v) is 5.39. The van der Waals surface area contributed by atoms with Crippen molar-refractivity contribution in [1.29, 1.82) is 0 Å². The van der Waals surface area contributed by atoms with Crippen molar-refractivity contribution < 1.29 is 19.1 Å². The van der Waals surface area contributed by atoms with E-state index in [-0.39, 0.29) is 12.5 Å². The summed E-state index contributed by atoms with van der Waals surface area (Å²) in [6.07, 6.45) is -0.754. The maximum atomic E-state index is 12.2. The maximum Gasteiger partial charge on any atom is 0.338 e. The van der Waals surface area contributed by atoms with Crippen molar-refractivity contribution in [3.05, 3.63) is 59.1 Å². The van der Waals surface area contributed by atoms with E-state index in [9.17, 15) is 9.59 Å².